The molecule has 1 aromatic rings. The highest BCUT2D eigenvalue weighted by atomic mass is 16.5. The molecule has 106 valence electrons. The molecule has 0 saturated carbocycles. The van der Waals surface area contributed by atoms with E-state index in [1.807, 2.05) is 12.1 Å². The minimum atomic E-state index is 0.385. The number of methoxy groups -OCH3 is 2. The fourth-order valence-electron chi connectivity index (χ4n) is 3.01. The molecule has 0 radical (unpaired) electrons. The molecule has 1 fully saturated rings. The summed E-state index contributed by atoms with van der Waals surface area (Å²) in [7, 11) is 3.49. The SMILES string of the molecule is COc1ccc(OC)c(C2CCCCN2)c1C(C)C. The summed E-state index contributed by atoms with van der Waals surface area (Å²) in [5, 5.41) is 3.62. The van der Waals surface area contributed by atoms with Crippen LogP contribution in [-0.2, 0) is 0 Å². The van der Waals surface area contributed by atoms with Gasteiger partial charge in [-0.25, -0.2) is 0 Å². The smallest absolute Gasteiger partial charge is 0.124 e. The van der Waals surface area contributed by atoms with Crippen LogP contribution in [-0.4, -0.2) is 20.8 Å². The van der Waals surface area contributed by atoms with E-state index in [2.05, 4.69) is 19.2 Å². The molecule has 1 aliphatic rings. The molecule has 1 heterocycles. The third-order valence-corrected chi connectivity index (χ3v) is 3.88. The molecule has 1 aromatic carbocycles. The van der Waals surface area contributed by atoms with E-state index >= 15 is 0 Å². The van der Waals surface area contributed by atoms with Crippen LogP contribution in [0.2, 0.25) is 0 Å². The normalized spacial score (nSPS) is 19.5. The molecule has 1 saturated heterocycles. The molecule has 0 amide bonds. The first-order valence-electron chi connectivity index (χ1n) is 7.17. The number of piperidine rings is 1. The number of ether oxygens (including phenoxy) is 2. The Balaban J connectivity index is 2.52. The number of hydrogen-bond donors (Lipinski definition) is 1. The highest BCUT2D eigenvalue weighted by molar-refractivity contribution is 5.52. The highest BCUT2D eigenvalue weighted by Gasteiger charge is 2.25. The zero-order valence-electron chi connectivity index (χ0n) is 12.5. The van der Waals surface area contributed by atoms with Crippen LogP contribution in [0.1, 0.15) is 56.2 Å². The molecule has 3 heteroatoms. The van der Waals surface area contributed by atoms with E-state index < -0.39 is 0 Å². The lowest BCUT2D eigenvalue weighted by Gasteiger charge is -2.29. The Morgan fingerprint density at radius 3 is 2.32 bits per heavy atom. The van der Waals surface area contributed by atoms with Crippen molar-refractivity contribution in [3.8, 4) is 11.5 Å². The van der Waals surface area contributed by atoms with Crippen molar-refractivity contribution >= 4 is 0 Å². The average molecular weight is 263 g/mol. The summed E-state index contributed by atoms with van der Waals surface area (Å²) in [5.74, 6) is 2.37. The molecule has 1 N–H and O–H groups in total. The summed E-state index contributed by atoms with van der Waals surface area (Å²) >= 11 is 0. The lowest BCUT2D eigenvalue weighted by molar-refractivity contribution is 0.362. The number of benzene rings is 1. The first kappa shape index (κ1) is 14.2. The minimum absolute atomic E-state index is 0.385. The third-order valence-electron chi connectivity index (χ3n) is 3.88. The first-order valence-corrected chi connectivity index (χ1v) is 7.17. The van der Waals surface area contributed by atoms with Crippen molar-refractivity contribution in [3.63, 3.8) is 0 Å². The van der Waals surface area contributed by atoms with Gasteiger partial charge in [0.05, 0.1) is 14.2 Å². The Hall–Kier alpha value is -1.22. The summed E-state index contributed by atoms with van der Waals surface area (Å²) < 4.78 is 11.1. The Morgan fingerprint density at radius 1 is 1.11 bits per heavy atom. The topological polar surface area (TPSA) is 30.5 Å². The van der Waals surface area contributed by atoms with Gasteiger partial charge >= 0.3 is 0 Å². The Morgan fingerprint density at radius 2 is 1.79 bits per heavy atom. The zero-order chi connectivity index (χ0) is 13.8. The van der Waals surface area contributed by atoms with Gasteiger partial charge in [-0.05, 0) is 37.4 Å². The highest BCUT2D eigenvalue weighted by Crippen LogP contribution is 2.41. The van der Waals surface area contributed by atoms with Gasteiger partial charge in [-0.2, -0.15) is 0 Å². The van der Waals surface area contributed by atoms with Crippen molar-refractivity contribution < 1.29 is 9.47 Å². The predicted molar refractivity (Wildman–Crippen MR) is 78.2 cm³/mol. The van der Waals surface area contributed by atoms with Gasteiger partial charge in [0.25, 0.3) is 0 Å². The van der Waals surface area contributed by atoms with Crippen LogP contribution in [0.5, 0.6) is 11.5 Å². The molecule has 3 nitrogen and oxygen atoms in total. The predicted octanol–water partition coefficient (Wildman–Crippen LogP) is 3.64. The third kappa shape index (κ3) is 2.86. The zero-order valence-corrected chi connectivity index (χ0v) is 12.5. The van der Waals surface area contributed by atoms with Crippen LogP contribution >= 0.6 is 0 Å². The number of nitrogens with one attached hydrogen (secondary N) is 1. The molecule has 0 aromatic heterocycles. The monoisotopic (exact) mass is 263 g/mol. The second-order valence-corrected chi connectivity index (χ2v) is 5.45. The molecule has 0 aliphatic carbocycles. The van der Waals surface area contributed by atoms with Gasteiger partial charge < -0.3 is 14.8 Å². The van der Waals surface area contributed by atoms with Gasteiger partial charge in [-0.15, -0.1) is 0 Å². The van der Waals surface area contributed by atoms with E-state index in [1.54, 1.807) is 14.2 Å². The fourth-order valence-corrected chi connectivity index (χ4v) is 3.01. The molecule has 0 bridgehead atoms. The van der Waals surface area contributed by atoms with Gasteiger partial charge in [-0.1, -0.05) is 20.3 Å². The largest absolute Gasteiger partial charge is 0.496 e. The Kier molecular flexibility index (Phi) is 4.70. The lowest BCUT2D eigenvalue weighted by Crippen LogP contribution is -2.28. The van der Waals surface area contributed by atoms with E-state index in [9.17, 15) is 0 Å². The second-order valence-electron chi connectivity index (χ2n) is 5.45. The standard InChI is InChI=1S/C16H25NO2/c1-11(2)15-13(18-3)8-9-14(19-4)16(15)12-7-5-6-10-17-12/h8-9,11-12,17H,5-7,10H2,1-4H3. The maximum atomic E-state index is 5.59. The van der Waals surface area contributed by atoms with Crippen molar-refractivity contribution in [2.45, 2.75) is 45.1 Å². The molecular formula is C16H25NO2. The average Bonchev–Trinajstić information content (AvgIpc) is 2.46. The minimum Gasteiger partial charge on any atom is -0.496 e. The van der Waals surface area contributed by atoms with E-state index in [1.165, 1.54) is 30.4 Å². The van der Waals surface area contributed by atoms with Gasteiger partial charge in [0.15, 0.2) is 0 Å². The molecule has 1 unspecified atom stereocenters. The molecule has 1 aliphatic heterocycles. The summed E-state index contributed by atoms with van der Waals surface area (Å²) in [5.41, 5.74) is 2.57. The Bertz CT molecular complexity index is 423. The van der Waals surface area contributed by atoms with Crippen LogP contribution in [0.3, 0.4) is 0 Å². The number of hydrogen-bond acceptors (Lipinski definition) is 3. The quantitative estimate of drug-likeness (QED) is 0.899. The maximum absolute atomic E-state index is 5.59. The first-order chi connectivity index (χ1) is 9.19. The van der Waals surface area contributed by atoms with Gasteiger partial charge in [-0.3, -0.25) is 0 Å². The van der Waals surface area contributed by atoms with Crippen LogP contribution in [0.4, 0.5) is 0 Å². The number of rotatable bonds is 4. The molecule has 2 rings (SSSR count). The van der Waals surface area contributed by atoms with Crippen molar-refractivity contribution in [2.75, 3.05) is 20.8 Å². The van der Waals surface area contributed by atoms with Crippen LogP contribution < -0.4 is 14.8 Å². The van der Waals surface area contributed by atoms with Crippen LogP contribution in [0.25, 0.3) is 0 Å². The Labute approximate surface area is 116 Å². The van der Waals surface area contributed by atoms with Crippen molar-refractivity contribution in [2.24, 2.45) is 0 Å². The second kappa shape index (κ2) is 6.29. The van der Waals surface area contributed by atoms with Gasteiger partial charge in [0.2, 0.25) is 0 Å². The van der Waals surface area contributed by atoms with Gasteiger partial charge in [0, 0.05) is 17.2 Å². The van der Waals surface area contributed by atoms with Crippen LogP contribution in [0.15, 0.2) is 12.1 Å². The van der Waals surface area contributed by atoms with E-state index in [0.29, 0.717) is 12.0 Å². The summed E-state index contributed by atoms with van der Waals surface area (Å²) in [6.07, 6.45) is 3.71. The van der Waals surface area contributed by atoms with E-state index in [-0.39, 0.29) is 0 Å². The van der Waals surface area contributed by atoms with E-state index in [0.717, 1.165) is 18.0 Å². The summed E-state index contributed by atoms with van der Waals surface area (Å²) in [6.45, 7) is 5.51. The molecule has 19 heavy (non-hydrogen) atoms. The molecule has 1 atom stereocenters. The van der Waals surface area contributed by atoms with Crippen molar-refractivity contribution in [3.05, 3.63) is 23.3 Å². The van der Waals surface area contributed by atoms with Gasteiger partial charge in [0.1, 0.15) is 11.5 Å². The molecular weight excluding hydrogens is 238 g/mol. The van der Waals surface area contributed by atoms with Crippen molar-refractivity contribution in [1.29, 1.82) is 0 Å². The van der Waals surface area contributed by atoms with Crippen LogP contribution in [0, 0.1) is 0 Å². The molecule has 0 spiro atoms. The summed E-state index contributed by atoms with van der Waals surface area (Å²) in [6, 6.07) is 4.42. The van der Waals surface area contributed by atoms with Crippen molar-refractivity contribution in [1.82, 2.24) is 5.32 Å². The maximum Gasteiger partial charge on any atom is 0.124 e. The fraction of sp³-hybridized carbons (Fsp3) is 0.625. The lowest BCUT2D eigenvalue weighted by atomic mass is 9.87. The van der Waals surface area contributed by atoms with E-state index in [4.69, 9.17) is 9.47 Å². The summed E-state index contributed by atoms with van der Waals surface area (Å²) in [4.78, 5) is 0.